The predicted molar refractivity (Wildman–Crippen MR) is 107 cm³/mol. The molecule has 5 rings (SSSR count). The molecule has 4 heteroatoms. The summed E-state index contributed by atoms with van der Waals surface area (Å²) in [5.41, 5.74) is 2.33. The SMILES string of the molecule is C1=CCC(c2ccc(OCC3CO3)cc2)(c2ccc(OCC3CO3)cc2)C=C1. The van der Waals surface area contributed by atoms with Crippen LogP contribution in [0.4, 0.5) is 0 Å². The number of benzene rings is 2. The Morgan fingerprint density at radius 1 is 0.750 bits per heavy atom. The lowest BCUT2D eigenvalue weighted by Crippen LogP contribution is -2.25. The summed E-state index contributed by atoms with van der Waals surface area (Å²) in [6.07, 6.45) is 10.2. The highest BCUT2D eigenvalue weighted by atomic mass is 16.6. The lowest BCUT2D eigenvalue weighted by molar-refractivity contribution is 0.263. The van der Waals surface area contributed by atoms with Crippen LogP contribution in [-0.4, -0.2) is 38.6 Å². The zero-order valence-corrected chi connectivity index (χ0v) is 15.8. The van der Waals surface area contributed by atoms with Crippen LogP contribution in [-0.2, 0) is 14.9 Å². The predicted octanol–water partition coefficient (Wildman–Crippen LogP) is 4.04. The molecule has 4 nitrogen and oxygen atoms in total. The normalized spacial score (nSPS) is 27.4. The minimum absolute atomic E-state index is 0.176. The average Bonchev–Trinajstić information content (AvgIpc) is 3.67. The van der Waals surface area contributed by atoms with Gasteiger partial charge in [-0.15, -0.1) is 0 Å². The van der Waals surface area contributed by atoms with Crippen molar-refractivity contribution in [3.63, 3.8) is 0 Å². The van der Waals surface area contributed by atoms with Gasteiger partial charge in [0.05, 0.1) is 13.2 Å². The van der Waals surface area contributed by atoms with E-state index in [0.717, 1.165) is 31.1 Å². The van der Waals surface area contributed by atoms with Gasteiger partial charge in [0.1, 0.15) is 36.9 Å². The molecule has 2 fully saturated rings. The molecule has 2 atom stereocenters. The quantitative estimate of drug-likeness (QED) is 0.652. The van der Waals surface area contributed by atoms with E-state index in [9.17, 15) is 0 Å². The molecule has 0 amide bonds. The van der Waals surface area contributed by atoms with E-state index in [4.69, 9.17) is 18.9 Å². The van der Waals surface area contributed by atoms with Gasteiger partial charge in [-0.1, -0.05) is 48.6 Å². The second-order valence-electron chi connectivity index (χ2n) is 7.54. The molecule has 0 saturated carbocycles. The first kappa shape index (κ1) is 17.5. The van der Waals surface area contributed by atoms with E-state index in [2.05, 4.69) is 72.8 Å². The minimum atomic E-state index is -0.176. The maximum Gasteiger partial charge on any atom is 0.119 e. The van der Waals surface area contributed by atoms with Crippen LogP contribution >= 0.6 is 0 Å². The molecule has 2 heterocycles. The summed E-state index contributed by atoms with van der Waals surface area (Å²) >= 11 is 0. The summed E-state index contributed by atoms with van der Waals surface area (Å²) in [6, 6.07) is 16.9. The van der Waals surface area contributed by atoms with E-state index in [-0.39, 0.29) is 17.6 Å². The van der Waals surface area contributed by atoms with Crippen molar-refractivity contribution in [1.82, 2.24) is 0 Å². The lowest BCUT2D eigenvalue weighted by atomic mass is 9.70. The van der Waals surface area contributed by atoms with Gasteiger partial charge in [0.15, 0.2) is 0 Å². The fourth-order valence-corrected chi connectivity index (χ4v) is 3.62. The molecule has 2 aliphatic heterocycles. The molecular weight excluding hydrogens is 352 g/mol. The maximum atomic E-state index is 5.79. The van der Waals surface area contributed by atoms with Crippen molar-refractivity contribution in [3.05, 3.63) is 84.0 Å². The summed E-state index contributed by atoms with van der Waals surface area (Å²) in [5.74, 6) is 1.77. The van der Waals surface area contributed by atoms with Gasteiger partial charge in [-0.2, -0.15) is 0 Å². The minimum Gasteiger partial charge on any atom is -0.491 e. The van der Waals surface area contributed by atoms with Gasteiger partial charge >= 0.3 is 0 Å². The molecule has 144 valence electrons. The molecule has 0 aromatic heterocycles. The maximum absolute atomic E-state index is 5.79. The lowest BCUT2D eigenvalue weighted by Gasteiger charge is -2.33. The molecule has 0 N–H and O–H groups in total. The highest BCUT2D eigenvalue weighted by Crippen LogP contribution is 2.40. The molecular formula is C24H24O4. The van der Waals surface area contributed by atoms with Crippen molar-refractivity contribution in [1.29, 1.82) is 0 Å². The van der Waals surface area contributed by atoms with Crippen LogP contribution in [0, 0.1) is 0 Å². The number of rotatable bonds is 8. The molecule has 2 saturated heterocycles. The average molecular weight is 376 g/mol. The zero-order valence-electron chi connectivity index (χ0n) is 15.8. The summed E-state index contributed by atoms with van der Waals surface area (Å²) in [5, 5.41) is 0. The Labute approximate surface area is 165 Å². The Bertz CT molecular complexity index is 799. The van der Waals surface area contributed by atoms with E-state index in [1.165, 1.54) is 11.1 Å². The number of epoxide rings is 2. The standard InChI is InChI=1S/C24H24O4/c1-2-12-24(13-3-1,18-4-8-20(9-5-18)25-14-22-16-27-22)19-6-10-21(11-7-19)26-15-23-17-28-23/h1-12,22-23H,13-17H2. The zero-order chi connectivity index (χ0) is 18.8. The number of hydrogen-bond acceptors (Lipinski definition) is 4. The first-order valence-corrected chi connectivity index (χ1v) is 9.86. The number of ether oxygens (including phenoxy) is 4. The largest absolute Gasteiger partial charge is 0.491 e. The molecule has 1 aliphatic carbocycles. The van der Waals surface area contributed by atoms with Crippen LogP contribution < -0.4 is 9.47 Å². The Kier molecular flexibility index (Phi) is 4.67. The second-order valence-corrected chi connectivity index (χ2v) is 7.54. The smallest absolute Gasteiger partial charge is 0.119 e. The Balaban J connectivity index is 1.37. The number of allylic oxidation sites excluding steroid dienone is 4. The summed E-state index contributed by atoms with van der Waals surface area (Å²) in [6.45, 7) is 2.87. The van der Waals surface area contributed by atoms with Gasteiger partial charge in [-0.3, -0.25) is 0 Å². The van der Waals surface area contributed by atoms with Gasteiger partial charge in [-0.25, -0.2) is 0 Å². The molecule has 2 aromatic rings. The highest BCUT2D eigenvalue weighted by Gasteiger charge is 2.32. The third-order valence-corrected chi connectivity index (χ3v) is 5.48. The first-order chi connectivity index (χ1) is 13.8. The third-order valence-electron chi connectivity index (χ3n) is 5.48. The third kappa shape index (κ3) is 3.84. The summed E-state index contributed by atoms with van der Waals surface area (Å²) < 4.78 is 22.0. The van der Waals surface area contributed by atoms with Crippen LogP contribution in [0.25, 0.3) is 0 Å². The van der Waals surface area contributed by atoms with Crippen LogP contribution in [0.15, 0.2) is 72.8 Å². The topological polar surface area (TPSA) is 43.5 Å². The Morgan fingerprint density at radius 2 is 1.25 bits per heavy atom. The van der Waals surface area contributed by atoms with Crippen molar-refractivity contribution in [2.45, 2.75) is 24.0 Å². The molecule has 2 unspecified atom stereocenters. The van der Waals surface area contributed by atoms with Crippen molar-refractivity contribution < 1.29 is 18.9 Å². The van der Waals surface area contributed by atoms with Crippen molar-refractivity contribution in [2.24, 2.45) is 0 Å². The van der Waals surface area contributed by atoms with Gasteiger partial charge in [-0.05, 0) is 41.8 Å². The monoisotopic (exact) mass is 376 g/mol. The molecule has 0 bridgehead atoms. The molecule has 3 aliphatic rings. The second kappa shape index (κ2) is 7.46. The van der Waals surface area contributed by atoms with Crippen molar-refractivity contribution >= 4 is 0 Å². The van der Waals surface area contributed by atoms with E-state index in [1.807, 2.05) is 0 Å². The summed E-state index contributed by atoms with van der Waals surface area (Å²) in [4.78, 5) is 0. The number of hydrogen-bond donors (Lipinski definition) is 0. The fourth-order valence-electron chi connectivity index (χ4n) is 3.62. The van der Waals surface area contributed by atoms with Crippen LogP contribution in [0.5, 0.6) is 11.5 Å². The van der Waals surface area contributed by atoms with Gasteiger partial charge in [0.25, 0.3) is 0 Å². The Hall–Kier alpha value is -2.56. The van der Waals surface area contributed by atoms with Crippen LogP contribution in [0.2, 0.25) is 0 Å². The Morgan fingerprint density at radius 3 is 1.64 bits per heavy atom. The van der Waals surface area contributed by atoms with Crippen LogP contribution in [0.3, 0.4) is 0 Å². The molecule has 2 aromatic carbocycles. The van der Waals surface area contributed by atoms with Crippen LogP contribution in [0.1, 0.15) is 17.5 Å². The van der Waals surface area contributed by atoms with Gasteiger partial charge < -0.3 is 18.9 Å². The van der Waals surface area contributed by atoms with E-state index in [0.29, 0.717) is 13.2 Å². The van der Waals surface area contributed by atoms with Gasteiger partial charge in [0.2, 0.25) is 0 Å². The molecule has 0 radical (unpaired) electrons. The van der Waals surface area contributed by atoms with E-state index >= 15 is 0 Å². The van der Waals surface area contributed by atoms with Gasteiger partial charge in [0, 0.05) is 5.41 Å². The fraction of sp³-hybridized carbons (Fsp3) is 0.333. The van der Waals surface area contributed by atoms with Crippen molar-refractivity contribution in [2.75, 3.05) is 26.4 Å². The molecule has 0 spiro atoms. The molecule has 28 heavy (non-hydrogen) atoms. The first-order valence-electron chi connectivity index (χ1n) is 9.86. The van der Waals surface area contributed by atoms with E-state index in [1.54, 1.807) is 0 Å². The van der Waals surface area contributed by atoms with E-state index < -0.39 is 0 Å². The highest BCUT2D eigenvalue weighted by molar-refractivity contribution is 5.49. The van der Waals surface area contributed by atoms with Crippen molar-refractivity contribution in [3.8, 4) is 11.5 Å². The summed E-state index contributed by atoms with van der Waals surface area (Å²) in [7, 11) is 0.